The smallest absolute Gasteiger partial charge is 0.223 e. The molecule has 0 aliphatic rings. The Morgan fingerprint density at radius 1 is 1.19 bits per heavy atom. The fourth-order valence-electron chi connectivity index (χ4n) is 1.25. The van der Waals surface area contributed by atoms with Crippen LogP contribution in [0.25, 0.3) is 0 Å². The summed E-state index contributed by atoms with van der Waals surface area (Å²) in [6.45, 7) is 0. The van der Waals surface area contributed by atoms with Gasteiger partial charge in [0.15, 0.2) is 0 Å². The minimum atomic E-state index is 0.576. The highest BCUT2D eigenvalue weighted by Gasteiger charge is 2.06. The SMILES string of the molecule is Clc1ccccc1Oc1ncccc1CBr. The van der Waals surface area contributed by atoms with Crippen LogP contribution in [0.1, 0.15) is 5.56 Å². The highest BCUT2D eigenvalue weighted by Crippen LogP contribution is 2.29. The number of ether oxygens (including phenoxy) is 1. The van der Waals surface area contributed by atoms with Gasteiger partial charge in [0.05, 0.1) is 5.02 Å². The highest BCUT2D eigenvalue weighted by atomic mass is 79.9. The second kappa shape index (κ2) is 5.32. The van der Waals surface area contributed by atoms with Crippen molar-refractivity contribution in [3.63, 3.8) is 0 Å². The number of aromatic nitrogens is 1. The van der Waals surface area contributed by atoms with E-state index < -0.39 is 0 Å². The summed E-state index contributed by atoms with van der Waals surface area (Å²) < 4.78 is 5.66. The zero-order valence-corrected chi connectivity index (χ0v) is 10.7. The first-order valence-electron chi connectivity index (χ1n) is 4.73. The molecule has 0 spiro atoms. The van der Waals surface area contributed by atoms with Gasteiger partial charge in [0.25, 0.3) is 0 Å². The lowest BCUT2D eigenvalue weighted by Gasteiger charge is -2.08. The zero-order valence-electron chi connectivity index (χ0n) is 8.36. The van der Waals surface area contributed by atoms with Crippen molar-refractivity contribution in [2.24, 2.45) is 0 Å². The van der Waals surface area contributed by atoms with Gasteiger partial charge in [-0.2, -0.15) is 0 Å². The number of rotatable bonds is 3. The molecule has 4 heteroatoms. The van der Waals surface area contributed by atoms with Crippen molar-refractivity contribution >= 4 is 27.5 Å². The van der Waals surface area contributed by atoms with Gasteiger partial charge < -0.3 is 4.74 Å². The summed E-state index contributed by atoms with van der Waals surface area (Å²) in [6.07, 6.45) is 1.69. The molecule has 0 aliphatic heterocycles. The standard InChI is InChI=1S/C12H9BrClNO/c13-8-9-4-3-7-15-12(9)16-11-6-2-1-5-10(11)14/h1-7H,8H2. The van der Waals surface area contributed by atoms with Gasteiger partial charge in [-0.15, -0.1) is 0 Å². The minimum Gasteiger partial charge on any atom is -0.437 e. The summed E-state index contributed by atoms with van der Waals surface area (Å²) in [4.78, 5) is 4.18. The van der Waals surface area contributed by atoms with E-state index in [-0.39, 0.29) is 0 Å². The second-order valence-electron chi connectivity index (χ2n) is 3.13. The average Bonchev–Trinajstić information content (AvgIpc) is 2.33. The predicted octanol–water partition coefficient (Wildman–Crippen LogP) is 4.42. The van der Waals surface area contributed by atoms with Crippen molar-refractivity contribution in [1.29, 1.82) is 0 Å². The summed E-state index contributed by atoms with van der Waals surface area (Å²) in [5.74, 6) is 1.19. The molecule has 0 bridgehead atoms. The van der Waals surface area contributed by atoms with Crippen LogP contribution < -0.4 is 4.74 Å². The third-order valence-corrected chi connectivity index (χ3v) is 2.95. The summed E-state index contributed by atoms with van der Waals surface area (Å²) in [5, 5.41) is 1.27. The largest absolute Gasteiger partial charge is 0.437 e. The molecule has 0 saturated carbocycles. The zero-order chi connectivity index (χ0) is 11.4. The van der Waals surface area contributed by atoms with E-state index in [9.17, 15) is 0 Å². The van der Waals surface area contributed by atoms with E-state index in [1.807, 2.05) is 30.3 Å². The lowest BCUT2D eigenvalue weighted by atomic mass is 10.3. The number of halogens is 2. The Balaban J connectivity index is 2.30. The molecule has 0 radical (unpaired) electrons. The van der Waals surface area contributed by atoms with E-state index in [0.717, 1.165) is 5.56 Å². The van der Waals surface area contributed by atoms with E-state index in [1.54, 1.807) is 12.3 Å². The van der Waals surface area contributed by atoms with Gasteiger partial charge in [0, 0.05) is 17.1 Å². The Hall–Kier alpha value is -1.06. The van der Waals surface area contributed by atoms with Gasteiger partial charge in [-0.3, -0.25) is 0 Å². The van der Waals surface area contributed by atoms with E-state index in [2.05, 4.69) is 20.9 Å². The number of para-hydroxylation sites is 1. The third kappa shape index (κ3) is 2.54. The predicted molar refractivity (Wildman–Crippen MR) is 68.4 cm³/mol. The van der Waals surface area contributed by atoms with E-state index in [1.165, 1.54) is 0 Å². The van der Waals surface area contributed by atoms with Crippen LogP contribution in [0.15, 0.2) is 42.6 Å². The molecule has 1 aromatic heterocycles. The van der Waals surface area contributed by atoms with Crippen molar-refractivity contribution < 1.29 is 4.74 Å². The molecule has 16 heavy (non-hydrogen) atoms. The average molecular weight is 299 g/mol. The maximum atomic E-state index is 6.01. The Kier molecular flexibility index (Phi) is 3.80. The van der Waals surface area contributed by atoms with Crippen molar-refractivity contribution in [2.75, 3.05) is 0 Å². The maximum absolute atomic E-state index is 6.01. The van der Waals surface area contributed by atoms with E-state index in [4.69, 9.17) is 16.3 Å². The molecule has 82 valence electrons. The van der Waals surface area contributed by atoms with Gasteiger partial charge in [0.1, 0.15) is 5.75 Å². The van der Waals surface area contributed by atoms with Crippen LogP contribution in [-0.4, -0.2) is 4.98 Å². The monoisotopic (exact) mass is 297 g/mol. The molecule has 1 heterocycles. The number of benzene rings is 1. The number of alkyl halides is 1. The van der Waals surface area contributed by atoms with E-state index >= 15 is 0 Å². The third-order valence-electron chi connectivity index (χ3n) is 2.04. The Morgan fingerprint density at radius 3 is 2.75 bits per heavy atom. The quantitative estimate of drug-likeness (QED) is 0.782. The normalized spacial score (nSPS) is 10.1. The van der Waals surface area contributed by atoms with Gasteiger partial charge in [-0.25, -0.2) is 4.98 Å². The first-order valence-corrected chi connectivity index (χ1v) is 6.23. The number of pyridine rings is 1. The summed E-state index contributed by atoms with van der Waals surface area (Å²) in [6, 6.07) is 11.2. The van der Waals surface area contributed by atoms with Crippen LogP contribution in [0.3, 0.4) is 0 Å². The molecule has 2 rings (SSSR count). The molecule has 0 atom stereocenters. The van der Waals surface area contributed by atoms with Crippen LogP contribution in [0.5, 0.6) is 11.6 Å². The maximum Gasteiger partial charge on any atom is 0.223 e. The fourth-order valence-corrected chi connectivity index (χ4v) is 1.85. The molecule has 2 aromatic rings. The number of hydrogen-bond donors (Lipinski definition) is 0. The molecule has 0 saturated heterocycles. The summed E-state index contributed by atoms with van der Waals surface area (Å²) >= 11 is 9.39. The lowest BCUT2D eigenvalue weighted by Crippen LogP contribution is -1.92. The molecule has 0 unspecified atom stereocenters. The van der Waals surface area contributed by atoms with Crippen LogP contribution in [0, 0.1) is 0 Å². The molecule has 0 N–H and O–H groups in total. The van der Waals surface area contributed by atoms with Gasteiger partial charge in [0.2, 0.25) is 5.88 Å². The molecular weight excluding hydrogens is 289 g/mol. The van der Waals surface area contributed by atoms with Crippen molar-refractivity contribution in [3.05, 3.63) is 53.2 Å². The van der Waals surface area contributed by atoms with Crippen LogP contribution in [0.2, 0.25) is 5.02 Å². The van der Waals surface area contributed by atoms with Crippen LogP contribution >= 0.6 is 27.5 Å². The van der Waals surface area contributed by atoms with Gasteiger partial charge in [-0.1, -0.05) is 45.7 Å². The number of hydrogen-bond acceptors (Lipinski definition) is 2. The van der Waals surface area contributed by atoms with Crippen molar-refractivity contribution in [3.8, 4) is 11.6 Å². The molecule has 0 amide bonds. The summed E-state index contributed by atoms with van der Waals surface area (Å²) in [7, 11) is 0. The minimum absolute atomic E-state index is 0.576. The number of nitrogens with zero attached hydrogens (tertiary/aromatic N) is 1. The van der Waals surface area contributed by atoms with Crippen molar-refractivity contribution in [1.82, 2.24) is 4.98 Å². The molecule has 2 nitrogen and oxygen atoms in total. The topological polar surface area (TPSA) is 22.1 Å². The van der Waals surface area contributed by atoms with Crippen molar-refractivity contribution in [2.45, 2.75) is 5.33 Å². The first kappa shape index (κ1) is 11.4. The molecule has 1 aromatic carbocycles. The Morgan fingerprint density at radius 2 is 2.00 bits per heavy atom. The van der Waals surface area contributed by atoms with Gasteiger partial charge >= 0.3 is 0 Å². The van der Waals surface area contributed by atoms with Gasteiger partial charge in [-0.05, 0) is 18.2 Å². The highest BCUT2D eigenvalue weighted by molar-refractivity contribution is 9.08. The Bertz CT molecular complexity index is 490. The summed E-state index contributed by atoms with van der Waals surface area (Å²) in [5.41, 5.74) is 0.988. The Labute approximate surface area is 107 Å². The van der Waals surface area contributed by atoms with Crippen LogP contribution in [0.4, 0.5) is 0 Å². The first-order chi connectivity index (χ1) is 7.81. The molecule has 0 fully saturated rings. The molecule has 0 aliphatic carbocycles. The molecular formula is C12H9BrClNO. The van der Waals surface area contributed by atoms with E-state index in [0.29, 0.717) is 22.0 Å². The second-order valence-corrected chi connectivity index (χ2v) is 4.10. The van der Waals surface area contributed by atoms with Crippen LogP contribution in [-0.2, 0) is 5.33 Å². The lowest BCUT2D eigenvalue weighted by molar-refractivity contribution is 0.459. The fraction of sp³-hybridized carbons (Fsp3) is 0.0833.